The van der Waals surface area contributed by atoms with Crippen LogP contribution in [0.1, 0.15) is 25.6 Å². The Labute approximate surface area is 109 Å². The molecular weight excluding hydrogens is 226 g/mol. The number of likely N-dealkylation sites (tertiary alicyclic amines) is 1. The van der Waals surface area contributed by atoms with Crippen molar-refractivity contribution in [2.24, 2.45) is 0 Å². The van der Waals surface area contributed by atoms with Gasteiger partial charge in [0, 0.05) is 25.7 Å². The standard InChI is InChI=1S/C13H23N5/c1-3-14-12-10-13(17-11(2)16-12)15-6-9-18-7-4-5-8-18/h10H,3-9H2,1-2H3,(H2,14,15,16,17). The predicted molar refractivity (Wildman–Crippen MR) is 75.1 cm³/mol. The van der Waals surface area contributed by atoms with Crippen LogP contribution in [0.5, 0.6) is 0 Å². The summed E-state index contributed by atoms with van der Waals surface area (Å²) in [5, 5.41) is 6.60. The molecule has 100 valence electrons. The van der Waals surface area contributed by atoms with Crippen molar-refractivity contribution in [2.75, 3.05) is 43.4 Å². The van der Waals surface area contributed by atoms with E-state index < -0.39 is 0 Å². The van der Waals surface area contributed by atoms with Gasteiger partial charge in [-0.3, -0.25) is 0 Å². The number of hydrogen-bond acceptors (Lipinski definition) is 5. The Kier molecular flexibility index (Phi) is 4.75. The van der Waals surface area contributed by atoms with Crippen molar-refractivity contribution >= 4 is 11.6 Å². The highest BCUT2D eigenvalue weighted by Gasteiger charge is 2.10. The van der Waals surface area contributed by atoms with Gasteiger partial charge in [0.1, 0.15) is 17.5 Å². The lowest BCUT2D eigenvalue weighted by Crippen LogP contribution is -2.26. The third kappa shape index (κ3) is 3.84. The van der Waals surface area contributed by atoms with E-state index in [0.717, 1.165) is 37.1 Å². The van der Waals surface area contributed by atoms with Crippen LogP contribution in [-0.2, 0) is 0 Å². The summed E-state index contributed by atoms with van der Waals surface area (Å²) in [6.45, 7) is 9.40. The maximum Gasteiger partial charge on any atom is 0.131 e. The second kappa shape index (κ2) is 6.54. The van der Waals surface area contributed by atoms with E-state index in [4.69, 9.17) is 0 Å². The Balaban J connectivity index is 1.83. The molecule has 5 heteroatoms. The molecule has 1 fully saturated rings. The summed E-state index contributed by atoms with van der Waals surface area (Å²) in [5.74, 6) is 2.61. The summed E-state index contributed by atoms with van der Waals surface area (Å²) >= 11 is 0. The summed E-state index contributed by atoms with van der Waals surface area (Å²) in [6, 6.07) is 1.97. The number of nitrogens with one attached hydrogen (secondary N) is 2. The Morgan fingerprint density at radius 3 is 2.50 bits per heavy atom. The van der Waals surface area contributed by atoms with Crippen molar-refractivity contribution in [3.63, 3.8) is 0 Å². The van der Waals surface area contributed by atoms with Crippen molar-refractivity contribution < 1.29 is 0 Å². The summed E-state index contributed by atoms with van der Waals surface area (Å²) in [4.78, 5) is 11.2. The molecule has 0 aliphatic carbocycles. The second-order valence-corrected chi connectivity index (χ2v) is 4.69. The predicted octanol–water partition coefficient (Wildman–Crippen LogP) is 1.72. The minimum absolute atomic E-state index is 0.803. The number of aryl methyl sites for hydroxylation is 1. The van der Waals surface area contributed by atoms with E-state index in [1.165, 1.54) is 25.9 Å². The molecule has 0 atom stereocenters. The van der Waals surface area contributed by atoms with Gasteiger partial charge < -0.3 is 15.5 Å². The smallest absolute Gasteiger partial charge is 0.131 e. The van der Waals surface area contributed by atoms with Gasteiger partial charge in [-0.1, -0.05) is 0 Å². The molecule has 0 saturated carbocycles. The Morgan fingerprint density at radius 2 is 1.83 bits per heavy atom. The molecule has 2 heterocycles. The van der Waals surface area contributed by atoms with E-state index in [2.05, 4.69) is 32.4 Å². The average molecular weight is 249 g/mol. The Hall–Kier alpha value is -1.36. The van der Waals surface area contributed by atoms with Gasteiger partial charge >= 0.3 is 0 Å². The Bertz CT molecular complexity index is 374. The lowest BCUT2D eigenvalue weighted by molar-refractivity contribution is 0.352. The van der Waals surface area contributed by atoms with Gasteiger partial charge in [0.2, 0.25) is 0 Å². The lowest BCUT2D eigenvalue weighted by atomic mass is 10.4. The highest BCUT2D eigenvalue weighted by molar-refractivity contribution is 5.47. The summed E-state index contributed by atoms with van der Waals surface area (Å²) in [5.41, 5.74) is 0. The molecule has 0 amide bonds. The van der Waals surface area contributed by atoms with Crippen molar-refractivity contribution in [3.8, 4) is 0 Å². The molecule has 2 N–H and O–H groups in total. The number of aromatic nitrogens is 2. The molecule has 2 rings (SSSR count). The first-order valence-corrected chi connectivity index (χ1v) is 6.83. The molecule has 5 nitrogen and oxygen atoms in total. The zero-order valence-corrected chi connectivity index (χ0v) is 11.4. The zero-order chi connectivity index (χ0) is 12.8. The summed E-state index contributed by atoms with van der Waals surface area (Å²) < 4.78 is 0. The van der Waals surface area contributed by atoms with Crippen molar-refractivity contribution in [1.29, 1.82) is 0 Å². The van der Waals surface area contributed by atoms with E-state index in [1.54, 1.807) is 0 Å². The molecular formula is C13H23N5. The highest BCUT2D eigenvalue weighted by atomic mass is 15.2. The molecule has 0 aromatic carbocycles. The topological polar surface area (TPSA) is 53.1 Å². The number of nitrogens with zero attached hydrogens (tertiary/aromatic N) is 3. The maximum absolute atomic E-state index is 4.40. The van der Waals surface area contributed by atoms with Crippen LogP contribution in [0.4, 0.5) is 11.6 Å². The fourth-order valence-electron chi connectivity index (χ4n) is 2.28. The van der Waals surface area contributed by atoms with E-state index in [0.29, 0.717) is 0 Å². The third-order valence-corrected chi connectivity index (χ3v) is 3.13. The first-order chi connectivity index (χ1) is 8.78. The first-order valence-electron chi connectivity index (χ1n) is 6.83. The normalized spacial score (nSPS) is 15.9. The first kappa shape index (κ1) is 13.1. The van der Waals surface area contributed by atoms with Crippen molar-refractivity contribution in [3.05, 3.63) is 11.9 Å². The van der Waals surface area contributed by atoms with Crippen LogP contribution in [0.15, 0.2) is 6.07 Å². The van der Waals surface area contributed by atoms with Gasteiger partial charge in [0.25, 0.3) is 0 Å². The van der Waals surface area contributed by atoms with Gasteiger partial charge in [-0.25, -0.2) is 9.97 Å². The van der Waals surface area contributed by atoms with Crippen LogP contribution < -0.4 is 10.6 Å². The summed E-state index contributed by atoms with van der Waals surface area (Å²) in [7, 11) is 0. The van der Waals surface area contributed by atoms with Gasteiger partial charge in [-0.05, 0) is 39.8 Å². The molecule has 1 aromatic rings. The highest BCUT2D eigenvalue weighted by Crippen LogP contribution is 2.11. The fraction of sp³-hybridized carbons (Fsp3) is 0.692. The van der Waals surface area contributed by atoms with Crippen LogP contribution >= 0.6 is 0 Å². The van der Waals surface area contributed by atoms with E-state index >= 15 is 0 Å². The average Bonchev–Trinajstić information content (AvgIpc) is 2.82. The maximum atomic E-state index is 4.40. The van der Waals surface area contributed by atoms with Crippen molar-refractivity contribution in [2.45, 2.75) is 26.7 Å². The second-order valence-electron chi connectivity index (χ2n) is 4.69. The number of anilines is 2. The van der Waals surface area contributed by atoms with E-state index in [9.17, 15) is 0 Å². The quantitative estimate of drug-likeness (QED) is 0.804. The largest absolute Gasteiger partial charge is 0.370 e. The summed E-state index contributed by atoms with van der Waals surface area (Å²) in [6.07, 6.45) is 2.69. The number of hydrogen-bond donors (Lipinski definition) is 2. The van der Waals surface area contributed by atoms with E-state index in [-0.39, 0.29) is 0 Å². The number of rotatable bonds is 6. The van der Waals surface area contributed by atoms with Crippen molar-refractivity contribution in [1.82, 2.24) is 14.9 Å². The van der Waals surface area contributed by atoms with Crippen LogP contribution in [0.3, 0.4) is 0 Å². The van der Waals surface area contributed by atoms with Gasteiger partial charge in [0.15, 0.2) is 0 Å². The van der Waals surface area contributed by atoms with E-state index in [1.807, 2.05) is 13.0 Å². The van der Waals surface area contributed by atoms with Crippen LogP contribution in [0.25, 0.3) is 0 Å². The van der Waals surface area contributed by atoms with Crippen LogP contribution in [0.2, 0.25) is 0 Å². The molecule has 1 aliphatic heterocycles. The SMILES string of the molecule is CCNc1cc(NCCN2CCCC2)nc(C)n1. The van der Waals surface area contributed by atoms with Crippen LogP contribution in [0, 0.1) is 6.92 Å². The molecule has 0 bridgehead atoms. The molecule has 0 unspecified atom stereocenters. The monoisotopic (exact) mass is 249 g/mol. The lowest BCUT2D eigenvalue weighted by Gasteiger charge is -2.15. The molecule has 0 radical (unpaired) electrons. The molecule has 18 heavy (non-hydrogen) atoms. The fourth-order valence-corrected chi connectivity index (χ4v) is 2.28. The van der Waals surface area contributed by atoms with Crippen LogP contribution in [-0.4, -0.2) is 47.6 Å². The minimum atomic E-state index is 0.803. The van der Waals surface area contributed by atoms with Gasteiger partial charge in [-0.15, -0.1) is 0 Å². The third-order valence-electron chi connectivity index (χ3n) is 3.13. The Morgan fingerprint density at radius 1 is 1.17 bits per heavy atom. The minimum Gasteiger partial charge on any atom is -0.370 e. The zero-order valence-electron chi connectivity index (χ0n) is 11.4. The van der Waals surface area contributed by atoms with Gasteiger partial charge in [0.05, 0.1) is 0 Å². The molecule has 1 saturated heterocycles. The molecule has 0 spiro atoms. The molecule has 1 aromatic heterocycles. The van der Waals surface area contributed by atoms with Gasteiger partial charge in [-0.2, -0.15) is 0 Å². The molecule has 1 aliphatic rings.